The van der Waals surface area contributed by atoms with Crippen LogP contribution in [-0.4, -0.2) is 110 Å². The van der Waals surface area contributed by atoms with Crippen molar-refractivity contribution in [2.24, 2.45) is 34.5 Å². The van der Waals surface area contributed by atoms with Crippen molar-refractivity contribution >= 4 is 0 Å². The molecule has 8 heteroatoms. The van der Waals surface area contributed by atoms with Crippen molar-refractivity contribution in [2.75, 3.05) is 48.1 Å². The van der Waals surface area contributed by atoms with E-state index in [0.29, 0.717) is 19.4 Å². The third-order valence-electron chi connectivity index (χ3n) is 11.5. The van der Waals surface area contributed by atoms with Gasteiger partial charge in [-0.05, 0) is 31.7 Å². The molecule has 0 aromatic carbocycles. The van der Waals surface area contributed by atoms with Crippen LogP contribution in [-0.2, 0) is 18.9 Å². The number of hydrogen-bond acceptors (Lipinski definition) is 8. The minimum Gasteiger partial charge on any atom is -0.390 e. The average molecular weight is 468 g/mol. The quantitative estimate of drug-likeness (QED) is 0.512. The highest BCUT2D eigenvalue weighted by molar-refractivity contribution is 5.37. The van der Waals surface area contributed by atoms with Gasteiger partial charge in [-0.1, -0.05) is 6.92 Å². The van der Waals surface area contributed by atoms with Gasteiger partial charge in [0.05, 0.1) is 36.6 Å². The van der Waals surface area contributed by atoms with Crippen LogP contribution in [0.1, 0.15) is 32.6 Å². The number of aliphatic hydroxyl groups is 3. The summed E-state index contributed by atoms with van der Waals surface area (Å²) in [5, 5.41) is 35.9. The first-order valence-corrected chi connectivity index (χ1v) is 12.7. The molecular weight excluding hydrogens is 426 g/mol. The normalized spacial score (nSPS) is 60.9. The van der Waals surface area contributed by atoms with Gasteiger partial charge >= 0.3 is 0 Å². The van der Waals surface area contributed by atoms with E-state index in [1.165, 1.54) is 0 Å². The second-order valence-electron chi connectivity index (χ2n) is 12.0. The summed E-state index contributed by atoms with van der Waals surface area (Å²) in [4.78, 5) is 2.54. The predicted octanol–water partition coefficient (Wildman–Crippen LogP) is 0.271. The molecule has 0 amide bonds. The first kappa shape index (κ1) is 23.1. The molecule has 0 radical (unpaired) electrons. The summed E-state index contributed by atoms with van der Waals surface area (Å²) in [6.07, 6.45) is 0.766. The number of ether oxygens (including phenoxy) is 4. The molecule has 8 nitrogen and oxygen atoms in total. The lowest BCUT2D eigenvalue weighted by molar-refractivity contribution is -0.283. The zero-order valence-corrected chi connectivity index (χ0v) is 20.6. The van der Waals surface area contributed by atoms with Crippen molar-refractivity contribution in [3.63, 3.8) is 0 Å². The molecule has 1 heterocycles. The van der Waals surface area contributed by atoms with E-state index in [0.717, 1.165) is 25.9 Å². The summed E-state index contributed by atoms with van der Waals surface area (Å²) in [5.74, 6) is -0.588. The maximum Gasteiger partial charge on any atom is 0.117 e. The molecule has 1 spiro atoms. The number of likely N-dealkylation sites (tertiary alicyclic amines) is 1. The van der Waals surface area contributed by atoms with Gasteiger partial charge in [0.1, 0.15) is 5.60 Å². The maximum absolute atomic E-state index is 12.6. The molecule has 6 fully saturated rings. The second kappa shape index (κ2) is 7.13. The Labute approximate surface area is 196 Å². The lowest BCUT2D eigenvalue weighted by Crippen LogP contribution is -2.76. The Morgan fingerprint density at radius 2 is 1.67 bits per heavy atom. The predicted molar refractivity (Wildman–Crippen MR) is 119 cm³/mol. The zero-order valence-electron chi connectivity index (χ0n) is 20.6. The van der Waals surface area contributed by atoms with Crippen LogP contribution in [0.3, 0.4) is 0 Å². The molecule has 6 rings (SSSR count). The van der Waals surface area contributed by atoms with Gasteiger partial charge in [0.25, 0.3) is 0 Å². The zero-order chi connectivity index (χ0) is 23.6. The Kier molecular flexibility index (Phi) is 4.99. The van der Waals surface area contributed by atoms with Crippen molar-refractivity contribution in [1.29, 1.82) is 0 Å². The molecule has 0 aromatic rings. The molecule has 188 valence electrons. The number of fused-ring (bicyclic) bond motifs is 2. The number of rotatable bonds is 6. The van der Waals surface area contributed by atoms with Crippen LogP contribution < -0.4 is 0 Å². The van der Waals surface area contributed by atoms with Gasteiger partial charge in [-0.15, -0.1) is 0 Å². The SMILES string of the molecule is CCN1C[C@]2(COC)CC[C@H](OC)[C@]34C1[C@H]([C@H](OC)[C@H]23)[C@@]1(O)C[C@H](OC)[C@@]2(O)C[C@@H]4[C@@H]1[C@H]2O. The number of hydrogen-bond donors (Lipinski definition) is 3. The average Bonchev–Trinajstić information content (AvgIpc) is 3.16. The van der Waals surface area contributed by atoms with Gasteiger partial charge < -0.3 is 34.3 Å². The summed E-state index contributed by atoms with van der Waals surface area (Å²) >= 11 is 0. The molecule has 1 saturated heterocycles. The third kappa shape index (κ3) is 2.28. The minimum absolute atomic E-state index is 0.0276. The van der Waals surface area contributed by atoms with E-state index in [4.69, 9.17) is 18.9 Å². The monoisotopic (exact) mass is 467 g/mol. The second-order valence-corrected chi connectivity index (χ2v) is 12.0. The molecule has 7 bridgehead atoms. The molecule has 0 aromatic heterocycles. The van der Waals surface area contributed by atoms with Gasteiger partial charge in [-0.25, -0.2) is 0 Å². The summed E-state index contributed by atoms with van der Waals surface area (Å²) in [6, 6.07) is 0.0593. The van der Waals surface area contributed by atoms with E-state index in [2.05, 4.69) is 11.8 Å². The van der Waals surface area contributed by atoms with Crippen LogP contribution in [0, 0.1) is 34.5 Å². The van der Waals surface area contributed by atoms with Gasteiger partial charge in [-0.2, -0.15) is 0 Å². The first-order chi connectivity index (χ1) is 15.7. The van der Waals surface area contributed by atoms with E-state index in [1.807, 2.05) is 0 Å². The van der Waals surface area contributed by atoms with Crippen LogP contribution in [0.15, 0.2) is 0 Å². The highest BCUT2D eigenvalue weighted by Gasteiger charge is 2.88. The molecule has 1 aliphatic heterocycles. The smallest absolute Gasteiger partial charge is 0.117 e. The Hall–Kier alpha value is -0.320. The fourth-order valence-electron chi connectivity index (χ4n) is 11.0. The van der Waals surface area contributed by atoms with Crippen LogP contribution >= 0.6 is 0 Å². The summed E-state index contributed by atoms with van der Waals surface area (Å²) in [6.45, 7) is 4.60. The molecular formula is C25H41NO7. The van der Waals surface area contributed by atoms with Crippen molar-refractivity contribution in [3.8, 4) is 0 Å². The van der Waals surface area contributed by atoms with Crippen molar-refractivity contribution < 1.29 is 34.3 Å². The van der Waals surface area contributed by atoms with E-state index >= 15 is 0 Å². The van der Waals surface area contributed by atoms with Gasteiger partial charge in [0.2, 0.25) is 0 Å². The Bertz CT molecular complexity index is 814. The van der Waals surface area contributed by atoms with Crippen LogP contribution in [0.4, 0.5) is 0 Å². The molecule has 3 N–H and O–H groups in total. The fourth-order valence-corrected chi connectivity index (χ4v) is 11.0. The third-order valence-corrected chi connectivity index (χ3v) is 11.5. The van der Waals surface area contributed by atoms with Crippen molar-refractivity contribution in [1.82, 2.24) is 4.90 Å². The fraction of sp³-hybridized carbons (Fsp3) is 1.00. The minimum atomic E-state index is -1.36. The maximum atomic E-state index is 12.6. The topological polar surface area (TPSA) is 101 Å². The summed E-state index contributed by atoms with van der Waals surface area (Å²) in [5.41, 5.74) is -3.00. The number of piperidine rings is 1. The molecule has 5 saturated carbocycles. The molecule has 5 aliphatic carbocycles. The lowest BCUT2D eigenvalue weighted by atomic mass is 9.43. The number of methoxy groups -OCH3 is 4. The number of nitrogens with zero attached hydrogens (tertiary/aromatic N) is 1. The van der Waals surface area contributed by atoms with Gasteiger partial charge in [-0.3, -0.25) is 4.90 Å². The largest absolute Gasteiger partial charge is 0.390 e. The van der Waals surface area contributed by atoms with Crippen LogP contribution in [0.5, 0.6) is 0 Å². The van der Waals surface area contributed by atoms with Crippen molar-refractivity contribution in [2.45, 2.75) is 74.3 Å². The van der Waals surface area contributed by atoms with E-state index in [-0.39, 0.29) is 46.8 Å². The van der Waals surface area contributed by atoms with Crippen LogP contribution in [0.2, 0.25) is 0 Å². The van der Waals surface area contributed by atoms with Crippen molar-refractivity contribution in [3.05, 3.63) is 0 Å². The number of aliphatic hydroxyl groups excluding tert-OH is 1. The van der Waals surface area contributed by atoms with Gasteiger partial charge in [0.15, 0.2) is 0 Å². The first-order valence-electron chi connectivity index (χ1n) is 12.7. The summed E-state index contributed by atoms with van der Waals surface area (Å²) < 4.78 is 24.3. The highest BCUT2D eigenvalue weighted by Crippen LogP contribution is 2.79. The lowest BCUT2D eigenvalue weighted by Gasteiger charge is -2.69. The molecule has 33 heavy (non-hydrogen) atoms. The highest BCUT2D eigenvalue weighted by atomic mass is 16.5. The summed E-state index contributed by atoms with van der Waals surface area (Å²) in [7, 11) is 6.92. The Morgan fingerprint density at radius 3 is 2.27 bits per heavy atom. The van der Waals surface area contributed by atoms with Gasteiger partial charge in [0, 0.05) is 76.0 Å². The van der Waals surface area contributed by atoms with E-state index in [9.17, 15) is 15.3 Å². The Balaban J connectivity index is 1.65. The van der Waals surface area contributed by atoms with Crippen LogP contribution in [0.25, 0.3) is 0 Å². The molecule has 6 aliphatic rings. The Morgan fingerprint density at radius 1 is 0.939 bits per heavy atom. The standard InChI is InChI=1S/C25H41NO7/c1-6-26-11-22(12-30-2)8-7-14(31-3)25-13-9-23(28)15(32-4)10-24(29,16(13)21(23)27)17(20(25)26)18(33-5)19(22)25/h13-21,27-29H,6-12H2,1-5H3/t13-,14+,15+,16-,17+,18+,19-,20?,21-,22+,23+,24-,25+/m1/s1. The van der Waals surface area contributed by atoms with E-state index in [1.54, 1.807) is 28.4 Å². The molecule has 13 atom stereocenters. The van der Waals surface area contributed by atoms with E-state index < -0.39 is 29.3 Å². The molecule has 1 unspecified atom stereocenters.